The van der Waals surface area contributed by atoms with E-state index in [-0.39, 0.29) is 22.7 Å². The number of benzene rings is 3. The summed E-state index contributed by atoms with van der Waals surface area (Å²) in [5.74, 6) is -2.43. The van der Waals surface area contributed by atoms with Crippen LogP contribution in [0.25, 0.3) is 10.9 Å². The SMILES string of the molecule is O=C(Nc1ccc(Oc2ccnc3ccccc23)c(F)c1)/C(C(=O)Nc1ccccc1F)=C1\CCCCN1. The molecule has 0 aliphatic carbocycles. The van der Waals surface area contributed by atoms with Crippen molar-refractivity contribution in [2.75, 3.05) is 17.2 Å². The molecular weight excluding hydrogens is 490 g/mol. The van der Waals surface area contributed by atoms with Gasteiger partial charge in [-0.25, -0.2) is 8.78 Å². The lowest BCUT2D eigenvalue weighted by Crippen LogP contribution is -2.32. The van der Waals surface area contributed by atoms with E-state index in [4.69, 9.17) is 4.74 Å². The normalized spacial score (nSPS) is 14.4. The molecule has 7 nitrogen and oxygen atoms in total. The predicted molar refractivity (Wildman–Crippen MR) is 141 cm³/mol. The minimum absolute atomic E-state index is 0.0378. The maximum Gasteiger partial charge on any atom is 0.263 e. The number of halogens is 2. The molecule has 1 saturated heterocycles. The van der Waals surface area contributed by atoms with Crippen LogP contribution in [-0.2, 0) is 9.59 Å². The van der Waals surface area contributed by atoms with Crippen molar-refractivity contribution >= 4 is 34.1 Å². The number of pyridine rings is 1. The molecule has 0 bridgehead atoms. The third kappa shape index (κ3) is 5.46. The number of carbonyl (C=O) groups excluding carboxylic acids is 2. The second-order valence-corrected chi connectivity index (χ2v) is 8.70. The maximum atomic E-state index is 15.0. The highest BCUT2D eigenvalue weighted by molar-refractivity contribution is 6.26. The van der Waals surface area contributed by atoms with Gasteiger partial charge < -0.3 is 20.7 Å². The predicted octanol–water partition coefficient (Wildman–Crippen LogP) is 5.91. The summed E-state index contributed by atoms with van der Waals surface area (Å²) in [7, 11) is 0. The van der Waals surface area contributed by atoms with Gasteiger partial charge in [-0.1, -0.05) is 24.3 Å². The van der Waals surface area contributed by atoms with Crippen molar-refractivity contribution in [3.8, 4) is 11.5 Å². The smallest absolute Gasteiger partial charge is 0.263 e. The number of hydrogen-bond donors (Lipinski definition) is 3. The minimum Gasteiger partial charge on any atom is -0.454 e. The van der Waals surface area contributed by atoms with E-state index in [0.717, 1.165) is 24.3 Å². The van der Waals surface area contributed by atoms with Crippen LogP contribution in [0.4, 0.5) is 20.2 Å². The summed E-state index contributed by atoms with van der Waals surface area (Å²) in [4.78, 5) is 30.6. The number of nitrogens with one attached hydrogen (secondary N) is 3. The van der Waals surface area contributed by atoms with Crippen molar-refractivity contribution in [3.05, 3.63) is 102 Å². The Hall–Kier alpha value is -4.79. The molecule has 1 aliphatic rings. The van der Waals surface area contributed by atoms with Crippen LogP contribution in [0.1, 0.15) is 19.3 Å². The number of carbonyl (C=O) groups is 2. The molecule has 1 aromatic heterocycles. The number of hydrogen-bond acceptors (Lipinski definition) is 5. The van der Waals surface area contributed by atoms with Crippen molar-refractivity contribution in [2.24, 2.45) is 0 Å². The zero-order chi connectivity index (χ0) is 26.5. The highest BCUT2D eigenvalue weighted by Gasteiger charge is 2.26. The van der Waals surface area contributed by atoms with Crippen molar-refractivity contribution in [3.63, 3.8) is 0 Å². The first-order chi connectivity index (χ1) is 18.5. The minimum atomic E-state index is -0.762. The van der Waals surface area contributed by atoms with E-state index in [1.165, 1.54) is 30.3 Å². The number of nitrogens with zero attached hydrogens (tertiary/aromatic N) is 1. The molecule has 1 aliphatic heterocycles. The number of piperidine rings is 1. The van der Waals surface area contributed by atoms with E-state index < -0.39 is 23.4 Å². The van der Waals surface area contributed by atoms with Gasteiger partial charge in [0.1, 0.15) is 17.1 Å². The average Bonchev–Trinajstić information content (AvgIpc) is 2.92. The number of fused-ring (bicyclic) bond motifs is 1. The standard InChI is InChI=1S/C29H24F2N4O3/c30-20-8-2-4-10-23(20)35-29(37)27(24-11-5-6-15-32-24)28(36)34-18-12-13-26(21(31)17-18)38-25-14-16-33-22-9-3-1-7-19(22)25/h1-4,7-10,12-14,16-17,32H,5-6,11,15H2,(H,34,36)(H,35,37)/b27-24-. The number of ether oxygens (including phenoxy) is 1. The Kier molecular flexibility index (Phi) is 7.26. The fourth-order valence-corrected chi connectivity index (χ4v) is 4.22. The number of allylic oxidation sites excluding steroid dienone is 1. The van der Waals surface area contributed by atoms with Crippen LogP contribution in [0.15, 0.2) is 90.3 Å². The molecule has 9 heteroatoms. The second-order valence-electron chi connectivity index (χ2n) is 8.70. The molecule has 5 rings (SSSR count). The number of aromatic nitrogens is 1. The van der Waals surface area contributed by atoms with E-state index in [1.807, 2.05) is 24.3 Å². The van der Waals surface area contributed by atoms with Crippen molar-refractivity contribution in [1.82, 2.24) is 10.3 Å². The average molecular weight is 515 g/mol. The summed E-state index contributed by atoms with van der Waals surface area (Å²) in [5.41, 5.74) is 1.06. The first-order valence-electron chi connectivity index (χ1n) is 12.1. The molecule has 0 saturated carbocycles. The molecular formula is C29H24F2N4O3. The summed E-state index contributed by atoms with van der Waals surface area (Å²) in [6, 6.07) is 18.6. The lowest BCUT2D eigenvalue weighted by molar-refractivity contribution is -0.118. The van der Waals surface area contributed by atoms with E-state index in [0.29, 0.717) is 29.9 Å². The van der Waals surface area contributed by atoms with Crippen LogP contribution in [-0.4, -0.2) is 23.3 Å². The molecule has 3 N–H and O–H groups in total. The van der Waals surface area contributed by atoms with Gasteiger partial charge in [0, 0.05) is 35.6 Å². The Morgan fingerprint density at radius 2 is 1.63 bits per heavy atom. The van der Waals surface area contributed by atoms with Crippen LogP contribution < -0.4 is 20.7 Å². The lowest BCUT2D eigenvalue weighted by Gasteiger charge is -2.21. The summed E-state index contributed by atoms with van der Waals surface area (Å²) in [6.45, 7) is 0.601. The molecule has 0 radical (unpaired) electrons. The molecule has 2 amide bonds. The van der Waals surface area contributed by atoms with Gasteiger partial charge in [-0.2, -0.15) is 0 Å². The summed E-state index contributed by atoms with van der Waals surface area (Å²) >= 11 is 0. The second kappa shape index (κ2) is 11.1. The molecule has 0 unspecified atom stereocenters. The van der Waals surface area contributed by atoms with Crippen LogP contribution >= 0.6 is 0 Å². The summed E-state index contributed by atoms with van der Waals surface area (Å²) < 4.78 is 34.9. The zero-order valence-electron chi connectivity index (χ0n) is 20.3. The topological polar surface area (TPSA) is 92.3 Å². The maximum absolute atomic E-state index is 15.0. The highest BCUT2D eigenvalue weighted by Crippen LogP contribution is 2.31. The number of rotatable bonds is 6. The molecule has 192 valence electrons. The first-order valence-corrected chi connectivity index (χ1v) is 12.1. The molecule has 0 atom stereocenters. The monoisotopic (exact) mass is 514 g/mol. The molecule has 3 aromatic carbocycles. The van der Waals surface area contributed by atoms with Crippen LogP contribution in [0, 0.1) is 11.6 Å². The van der Waals surface area contributed by atoms with Gasteiger partial charge in [0.05, 0.1) is 11.2 Å². The molecule has 4 aromatic rings. The molecule has 38 heavy (non-hydrogen) atoms. The Morgan fingerprint density at radius 3 is 2.42 bits per heavy atom. The molecule has 2 heterocycles. The van der Waals surface area contributed by atoms with Crippen LogP contribution in [0.3, 0.4) is 0 Å². The highest BCUT2D eigenvalue weighted by atomic mass is 19.1. The number of para-hydroxylation sites is 2. The van der Waals surface area contributed by atoms with E-state index >= 15 is 0 Å². The first kappa shape index (κ1) is 24.9. The summed E-state index contributed by atoms with van der Waals surface area (Å²) in [5, 5.41) is 8.87. The third-order valence-electron chi connectivity index (χ3n) is 6.09. The zero-order valence-corrected chi connectivity index (χ0v) is 20.3. The van der Waals surface area contributed by atoms with Crippen molar-refractivity contribution < 1.29 is 23.1 Å². The van der Waals surface area contributed by atoms with Crippen molar-refractivity contribution in [2.45, 2.75) is 19.3 Å². The fraction of sp³-hybridized carbons (Fsp3) is 0.138. The molecule has 0 spiro atoms. The Labute approximate surface area is 217 Å². The Bertz CT molecular complexity index is 1540. The number of anilines is 2. The Morgan fingerprint density at radius 1 is 0.842 bits per heavy atom. The van der Waals surface area contributed by atoms with Gasteiger partial charge in [0.2, 0.25) is 0 Å². The largest absolute Gasteiger partial charge is 0.454 e. The van der Waals surface area contributed by atoms with Gasteiger partial charge in [0.25, 0.3) is 11.8 Å². The quantitative estimate of drug-likeness (QED) is 0.169. The Balaban J connectivity index is 1.37. The van der Waals surface area contributed by atoms with Gasteiger partial charge >= 0.3 is 0 Å². The van der Waals surface area contributed by atoms with Crippen LogP contribution in [0.5, 0.6) is 11.5 Å². The lowest BCUT2D eigenvalue weighted by atomic mass is 10.0. The van der Waals surface area contributed by atoms with E-state index in [9.17, 15) is 18.4 Å². The van der Waals surface area contributed by atoms with E-state index in [2.05, 4.69) is 20.9 Å². The van der Waals surface area contributed by atoms with Gasteiger partial charge in [0.15, 0.2) is 11.6 Å². The third-order valence-corrected chi connectivity index (χ3v) is 6.09. The van der Waals surface area contributed by atoms with Crippen molar-refractivity contribution in [1.29, 1.82) is 0 Å². The van der Waals surface area contributed by atoms with E-state index in [1.54, 1.807) is 18.3 Å². The fourth-order valence-electron chi connectivity index (χ4n) is 4.22. The van der Waals surface area contributed by atoms with Gasteiger partial charge in [-0.15, -0.1) is 0 Å². The van der Waals surface area contributed by atoms with Gasteiger partial charge in [-0.05, 0) is 61.7 Å². The van der Waals surface area contributed by atoms with Gasteiger partial charge in [-0.3, -0.25) is 14.6 Å². The molecule has 1 fully saturated rings. The van der Waals surface area contributed by atoms with Crippen LogP contribution in [0.2, 0.25) is 0 Å². The summed E-state index contributed by atoms with van der Waals surface area (Å²) in [6.07, 6.45) is 3.74. The number of amides is 2.